The molecule has 0 radical (unpaired) electrons. The van der Waals surface area contributed by atoms with Gasteiger partial charge < -0.3 is 15.2 Å². The van der Waals surface area contributed by atoms with Crippen LogP contribution in [-0.2, 0) is 4.74 Å². The second-order valence-electron chi connectivity index (χ2n) is 4.45. The molecule has 2 rings (SSSR count). The van der Waals surface area contributed by atoms with E-state index in [2.05, 4.69) is 0 Å². The van der Waals surface area contributed by atoms with Gasteiger partial charge in [0.25, 0.3) is 0 Å². The summed E-state index contributed by atoms with van der Waals surface area (Å²) >= 11 is 0. The van der Waals surface area contributed by atoms with Crippen LogP contribution < -0.4 is 10.5 Å². The molecule has 4 heteroatoms. The van der Waals surface area contributed by atoms with Crippen LogP contribution >= 0.6 is 0 Å². The molecule has 19 heavy (non-hydrogen) atoms. The molecule has 0 aliphatic carbocycles. The first-order chi connectivity index (χ1) is 9.13. The van der Waals surface area contributed by atoms with Gasteiger partial charge in [0.15, 0.2) is 0 Å². The van der Waals surface area contributed by atoms with Gasteiger partial charge in [-0.1, -0.05) is 24.3 Å². The lowest BCUT2D eigenvalue weighted by atomic mass is 10.0. The van der Waals surface area contributed by atoms with E-state index in [4.69, 9.17) is 20.6 Å². The third-order valence-corrected chi connectivity index (χ3v) is 2.90. The molecular formula is C15H18N2O2. The number of nitrogen functional groups attached to an aromatic ring is 1. The first-order valence-electron chi connectivity index (χ1n) is 6.15. The summed E-state index contributed by atoms with van der Waals surface area (Å²) in [7, 11) is 1.65. The smallest absolute Gasteiger partial charge is 0.127 e. The first-order valence-corrected chi connectivity index (χ1v) is 6.15. The fraction of sp³-hybridized carbons (Fsp3) is 0.267. The number of benzene rings is 2. The van der Waals surface area contributed by atoms with Crippen LogP contribution in [0.3, 0.4) is 0 Å². The normalized spacial score (nSPS) is 12.3. The third kappa shape index (κ3) is 2.85. The minimum atomic E-state index is -0.0309. The average molecular weight is 258 g/mol. The summed E-state index contributed by atoms with van der Waals surface area (Å²) in [6, 6.07) is 11.5. The van der Waals surface area contributed by atoms with Crippen molar-refractivity contribution < 1.29 is 9.47 Å². The van der Waals surface area contributed by atoms with Crippen molar-refractivity contribution in [3.63, 3.8) is 0 Å². The highest BCUT2D eigenvalue weighted by atomic mass is 16.5. The molecule has 4 nitrogen and oxygen atoms in total. The van der Waals surface area contributed by atoms with E-state index in [1.807, 2.05) is 43.3 Å². The van der Waals surface area contributed by atoms with E-state index in [0.717, 1.165) is 22.1 Å². The summed E-state index contributed by atoms with van der Waals surface area (Å²) in [5.74, 6) is 0.845. The number of amidine groups is 1. The number of hydrogen-bond acceptors (Lipinski definition) is 3. The molecule has 1 atom stereocenters. The molecule has 0 aliphatic rings. The summed E-state index contributed by atoms with van der Waals surface area (Å²) in [6.45, 7) is 2.49. The van der Waals surface area contributed by atoms with E-state index in [1.165, 1.54) is 0 Å². The highest BCUT2D eigenvalue weighted by Gasteiger charge is 2.10. The van der Waals surface area contributed by atoms with Crippen LogP contribution in [0.25, 0.3) is 10.8 Å². The van der Waals surface area contributed by atoms with Gasteiger partial charge in [0.1, 0.15) is 17.7 Å². The van der Waals surface area contributed by atoms with Crippen molar-refractivity contribution in [1.29, 1.82) is 5.41 Å². The van der Waals surface area contributed by atoms with Crippen LogP contribution in [0.15, 0.2) is 36.4 Å². The summed E-state index contributed by atoms with van der Waals surface area (Å²) in [6.07, 6.45) is -0.0309. The fourth-order valence-corrected chi connectivity index (χ4v) is 2.09. The van der Waals surface area contributed by atoms with E-state index < -0.39 is 0 Å². The maximum atomic E-state index is 7.61. The maximum absolute atomic E-state index is 7.61. The zero-order valence-corrected chi connectivity index (χ0v) is 11.1. The molecule has 2 aromatic rings. The lowest BCUT2D eigenvalue weighted by Crippen LogP contribution is -2.18. The largest absolute Gasteiger partial charge is 0.488 e. The molecule has 0 spiro atoms. The quantitative estimate of drug-likeness (QED) is 0.639. The van der Waals surface area contributed by atoms with E-state index in [-0.39, 0.29) is 11.9 Å². The minimum Gasteiger partial charge on any atom is -0.488 e. The molecule has 0 saturated heterocycles. The highest BCUT2D eigenvalue weighted by Crippen LogP contribution is 2.29. The van der Waals surface area contributed by atoms with E-state index >= 15 is 0 Å². The van der Waals surface area contributed by atoms with Crippen LogP contribution in [0.2, 0.25) is 0 Å². The zero-order chi connectivity index (χ0) is 13.8. The Morgan fingerprint density at radius 3 is 2.53 bits per heavy atom. The van der Waals surface area contributed by atoms with E-state index in [1.54, 1.807) is 7.11 Å². The molecule has 1 unspecified atom stereocenters. The van der Waals surface area contributed by atoms with Crippen LogP contribution in [0.4, 0.5) is 0 Å². The molecule has 0 aromatic heterocycles. The van der Waals surface area contributed by atoms with Crippen LogP contribution in [-0.4, -0.2) is 25.7 Å². The zero-order valence-electron chi connectivity index (χ0n) is 11.1. The number of methoxy groups -OCH3 is 1. The minimum absolute atomic E-state index is 0.0309. The molecule has 0 fully saturated rings. The van der Waals surface area contributed by atoms with Crippen molar-refractivity contribution in [2.45, 2.75) is 13.0 Å². The Kier molecular flexibility index (Phi) is 4.02. The molecule has 0 heterocycles. The van der Waals surface area contributed by atoms with Gasteiger partial charge in [-0.2, -0.15) is 0 Å². The van der Waals surface area contributed by atoms with Gasteiger partial charge in [0.05, 0.1) is 6.61 Å². The average Bonchev–Trinajstić information content (AvgIpc) is 2.39. The summed E-state index contributed by atoms with van der Waals surface area (Å²) < 4.78 is 10.9. The Hall–Kier alpha value is -2.07. The fourth-order valence-electron chi connectivity index (χ4n) is 2.09. The Balaban J connectivity index is 2.46. The van der Waals surface area contributed by atoms with Gasteiger partial charge >= 0.3 is 0 Å². The van der Waals surface area contributed by atoms with Crippen molar-refractivity contribution >= 4 is 16.6 Å². The van der Waals surface area contributed by atoms with Gasteiger partial charge in [0.2, 0.25) is 0 Å². The molecule has 0 amide bonds. The first kappa shape index (κ1) is 13.4. The number of ether oxygens (including phenoxy) is 2. The van der Waals surface area contributed by atoms with Crippen molar-refractivity contribution in [3.05, 3.63) is 42.0 Å². The van der Waals surface area contributed by atoms with E-state index in [0.29, 0.717) is 6.61 Å². The van der Waals surface area contributed by atoms with Gasteiger partial charge in [-0.3, -0.25) is 5.41 Å². The molecule has 100 valence electrons. The molecule has 0 saturated carbocycles. The molecule has 3 N–H and O–H groups in total. The summed E-state index contributed by atoms with van der Waals surface area (Å²) in [5.41, 5.74) is 6.33. The van der Waals surface area contributed by atoms with Crippen LogP contribution in [0, 0.1) is 5.41 Å². The number of nitrogens with one attached hydrogen (secondary N) is 1. The molecule has 2 aromatic carbocycles. The summed E-state index contributed by atoms with van der Waals surface area (Å²) in [4.78, 5) is 0. The second kappa shape index (κ2) is 5.71. The number of hydrogen-bond donors (Lipinski definition) is 2. The van der Waals surface area contributed by atoms with Gasteiger partial charge in [-0.25, -0.2) is 0 Å². The summed E-state index contributed by atoms with van der Waals surface area (Å²) in [5, 5.41) is 9.50. The molecule has 0 aliphatic heterocycles. The highest BCUT2D eigenvalue weighted by molar-refractivity contribution is 6.09. The lowest BCUT2D eigenvalue weighted by molar-refractivity contribution is 0.0931. The maximum Gasteiger partial charge on any atom is 0.127 e. The predicted octanol–water partition coefficient (Wildman–Crippen LogP) is 2.54. The standard InChI is InChI=1S/C15H18N2O2/c1-10(9-18-2)19-14-8-7-13(15(16)17)11-5-3-4-6-12(11)14/h3-8,10H,9H2,1-2H3,(H3,16,17). The predicted molar refractivity (Wildman–Crippen MR) is 76.9 cm³/mol. The Bertz CT molecular complexity index is 596. The lowest BCUT2D eigenvalue weighted by Gasteiger charge is -2.16. The Morgan fingerprint density at radius 1 is 1.21 bits per heavy atom. The van der Waals surface area contributed by atoms with Gasteiger partial charge in [-0.05, 0) is 24.4 Å². The van der Waals surface area contributed by atoms with Gasteiger partial charge in [-0.15, -0.1) is 0 Å². The van der Waals surface area contributed by atoms with Crippen molar-refractivity contribution in [2.75, 3.05) is 13.7 Å². The second-order valence-corrected chi connectivity index (χ2v) is 4.45. The van der Waals surface area contributed by atoms with Crippen molar-refractivity contribution in [2.24, 2.45) is 5.73 Å². The van der Waals surface area contributed by atoms with Crippen LogP contribution in [0.1, 0.15) is 12.5 Å². The van der Waals surface area contributed by atoms with Gasteiger partial charge in [0, 0.05) is 18.1 Å². The van der Waals surface area contributed by atoms with E-state index in [9.17, 15) is 0 Å². The van der Waals surface area contributed by atoms with Crippen molar-refractivity contribution in [1.82, 2.24) is 0 Å². The number of rotatable bonds is 5. The SMILES string of the molecule is COCC(C)Oc1ccc(C(=N)N)c2ccccc12. The Labute approximate surface area is 112 Å². The molecule has 0 bridgehead atoms. The Morgan fingerprint density at radius 2 is 1.89 bits per heavy atom. The number of fused-ring (bicyclic) bond motifs is 1. The number of nitrogens with two attached hydrogens (primary N) is 1. The monoisotopic (exact) mass is 258 g/mol. The molecular weight excluding hydrogens is 240 g/mol. The van der Waals surface area contributed by atoms with Crippen molar-refractivity contribution in [3.8, 4) is 5.75 Å². The topological polar surface area (TPSA) is 68.3 Å². The van der Waals surface area contributed by atoms with Crippen LogP contribution in [0.5, 0.6) is 5.75 Å². The third-order valence-electron chi connectivity index (χ3n) is 2.90.